The summed E-state index contributed by atoms with van der Waals surface area (Å²) in [5.74, 6) is -0.487. The van der Waals surface area contributed by atoms with Crippen LogP contribution in [0, 0.1) is 0 Å². The van der Waals surface area contributed by atoms with E-state index < -0.39 is 17.9 Å². The molecule has 2 rings (SSSR count). The Kier molecular flexibility index (Phi) is 9.04. The average molecular weight is 440 g/mol. The monoisotopic (exact) mass is 440 g/mol. The second-order valence-electron chi connectivity index (χ2n) is 6.45. The van der Waals surface area contributed by atoms with Gasteiger partial charge in [0, 0.05) is 11.6 Å². The highest BCUT2D eigenvalue weighted by atomic mass is 16.6. The molecular formula is C24H24O8. The van der Waals surface area contributed by atoms with Crippen LogP contribution in [-0.4, -0.2) is 45.3 Å². The predicted octanol–water partition coefficient (Wildman–Crippen LogP) is 3.60. The summed E-state index contributed by atoms with van der Waals surface area (Å²) in [6.07, 6.45) is 2.88. The molecule has 0 aliphatic heterocycles. The van der Waals surface area contributed by atoms with Gasteiger partial charge < -0.3 is 23.7 Å². The highest BCUT2D eigenvalue weighted by molar-refractivity contribution is 5.92. The number of carbonyl (C=O) groups is 3. The van der Waals surface area contributed by atoms with Crippen LogP contribution in [0.4, 0.5) is 0 Å². The third-order valence-corrected chi connectivity index (χ3v) is 4.03. The molecule has 0 spiro atoms. The minimum atomic E-state index is -0.580. The Hall–Kier alpha value is -4.07. The summed E-state index contributed by atoms with van der Waals surface area (Å²) in [6.45, 7) is 5.21. The minimum Gasteiger partial charge on any atom is -0.493 e. The second-order valence-corrected chi connectivity index (χ2v) is 6.45. The second kappa shape index (κ2) is 11.9. The van der Waals surface area contributed by atoms with Gasteiger partial charge in [0.2, 0.25) is 0 Å². The summed E-state index contributed by atoms with van der Waals surface area (Å²) < 4.78 is 25.7. The molecule has 0 saturated heterocycles. The molecule has 168 valence electrons. The van der Waals surface area contributed by atoms with Crippen LogP contribution in [0.25, 0.3) is 6.08 Å². The van der Waals surface area contributed by atoms with Gasteiger partial charge in [-0.25, -0.2) is 14.4 Å². The van der Waals surface area contributed by atoms with Crippen LogP contribution in [0.5, 0.6) is 17.2 Å². The molecule has 0 atom stereocenters. The number of carbonyl (C=O) groups excluding carboxylic acids is 3. The van der Waals surface area contributed by atoms with Crippen molar-refractivity contribution in [1.29, 1.82) is 0 Å². The van der Waals surface area contributed by atoms with Crippen molar-refractivity contribution in [2.45, 2.75) is 6.92 Å². The van der Waals surface area contributed by atoms with Crippen molar-refractivity contribution < 1.29 is 38.1 Å². The molecule has 0 fully saturated rings. The summed E-state index contributed by atoms with van der Waals surface area (Å²) in [6, 6.07) is 11.2. The molecule has 0 heterocycles. The van der Waals surface area contributed by atoms with E-state index >= 15 is 0 Å². The van der Waals surface area contributed by atoms with Crippen LogP contribution < -0.4 is 14.2 Å². The fourth-order valence-corrected chi connectivity index (χ4v) is 2.37. The van der Waals surface area contributed by atoms with E-state index in [4.69, 9.17) is 18.9 Å². The number of hydrogen-bond acceptors (Lipinski definition) is 8. The van der Waals surface area contributed by atoms with Crippen molar-refractivity contribution in [3.8, 4) is 17.2 Å². The van der Waals surface area contributed by atoms with Gasteiger partial charge >= 0.3 is 17.9 Å². The molecule has 0 radical (unpaired) electrons. The van der Waals surface area contributed by atoms with Gasteiger partial charge in [-0.1, -0.05) is 18.7 Å². The van der Waals surface area contributed by atoms with Crippen molar-refractivity contribution in [3.63, 3.8) is 0 Å². The molecule has 2 aromatic rings. The minimum absolute atomic E-state index is 0.0451. The molecule has 0 aliphatic carbocycles. The fourth-order valence-electron chi connectivity index (χ4n) is 2.37. The lowest BCUT2D eigenvalue weighted by Gasteiger charge is -2.12. The number of esters is 3. The molecule has 0 saturated carbocycles. The molecule has 8 heteroatoms. The Morgan fingerprint density at radius 2 is 1.69 bits per heavy atom. The maximum Gasteiger partial charge on any atom is 0.343 e. The van der Waals surface area contributed by atoms with Crippen molar-refractivity contribution in [3.05, 3.63) is 71.8 Å². The van der Waals surface area contributed by atoms with Gasteiger partial charge in [-0.15, -0.1) is 0 Å². The fraction of sp³-hybridized carbons (Fsp3) is 0.208. The van der Waals surface area contributed by atoms with Crippen molar-refractivity contribution >= 4 is 24.0 Å². The van der Waals surface area contributed by atoms with Crippen LogP contribution in [0.1, 0.15) is 22.8 Å². The van der Waals surface area contributed by atoms with Crippen LogP contribution in [0.15, 0.2) is 60.7 Å². The van der Waals surface area contributed by atoms with Gasteiger partial charge in [-0.3, -0.25) is 0 Å². The Morgan fingerprint density at radius 3 is 2.31 bits per heavy atom. The first-order valence-electron chi connectivity index (χ1n) is 9.55. The predicted molar refractivity (Wildman–Crippen MR) is 117 cm³/mol. The topological polar surface area (TPSA) is 97.4 Å². The van der Waals surface area contributed by atoms with E-state index in [1.807, 2.05) is 0 Å². The molecule has 0 bridgehead atoms. The van der Waals surface area contributed by atoms with Gasteiger partial charge in [0.15, 0.2) is 11.5 Å². The van der Waals surface area contributed by atoms with E-state index in [1.165, 1.54) is 32.4 Å². The van der Waals surface area contributed by atoms with E-state index in [1.54, 1.807) is 43.3 Å². The first-order chi connectivity index (χ1) is 15.3. The Balaban J connectivity index is 1.97. The maximum absolute atomic E-state index is 12.5. The van der Waals surface area contributed by atoms with Gasteiger partial charge in [-0.2, -0.15) is 0 Å². The third kappa shape index (κ3) is 7.32. The van der Waals surface area contributed by atoms with Crippen molar-refractivity contribution in [2.24, 2.45) is 0 Å². The lowest BCUT2D eigenvalue weighted by atomic mass is 10.2. The van der Waals surface area contributed by atoms with Crippen LogP contribution in [0.2, 0.25) is 0 Å². The van der Waals surface area contributed by atoms with Gasteiger partial charge in [0.05, 0.1) is 19.8 Å². The average Bonchev–Trinajstić information content (AvgIpc) is 2.80. The summed E-state index contributed by atoms with van der Waals surface area (Å²) in [4.78, 5) is 35.0. The molecule has 0 aromatic heterocycles. The zero-order valence-corrected chi connectivity index (χ0v) is 18.1. The molecule has 0 amide bonds. The summed E-state index contributed by atoms with van der Waals surface area (Å²) in [5, 5.41) is 0. The highest BCUT2D eigenvalue weighted by Crippen LogP contribution is 2.28. The normalized spacial score (nSPS) is 10.3. The van der Waals surface area contributed by atoms with E-state index in [0.717, 1.165) is 5.56 Å². The molecule has 0 N–H and O–H groups in total. The maximum atomic E-state index is 12.5. The van der Waals surface area contributed by atoms with Crippen molar-refractivity contribution in [2.75, 3.05) is 27.4 Å². The van der Waals surface area contributed by atoms with Crippen LogP contribution in [0.3, 0.4) is 0 Å². The first-order valence-corrected chi connectivity index (χ1v) is 9.55. The molecule has 8 nitrogen and oxygen atoms in total. The molecule has 0 aliphatic rings. The molecule has 2 aromatic carbocycles. The summed E-state index contributed by atoms with van der Waals surface area (Å²) >= 11 is 0. The third-order valence-electron chi connectivity index (χ3n) is 4.03. The van der Waals surface area contributed by atoms with E-state index in [2.05, 4.69) is 11.3 Å². The number of hydrogen-bond donors (Lipinski definition) is 0. The summed E-state index contributed by atoms with van der Waals surface area (Å²) in [5.41, 5.74) is 1.31. The van der Waals surface area contributed by atoms with Gasteiger partial charge in [0.25, 0.3) is 0 Å². The SMILES string of the molecule is C=C(C)C(=O)OCCOc1ccc(C(=O)Oc2ccc(C=CC(=O)OC)cc2)cc1OC. The molecule has 0 unspecified atom stereocenters. The molecular weight excluding hydrogens is 416 g/mol. The van der Waals surface area contributed by atoms with E-state index in [0.29, 0.717) is 22.8 Å². The summed E-state index contributed by atoms with van der Waals surface area (Å²) in [7, 11) is 2.74. The zero-order chi connectivity index (χ0) is 23.5. The Morgan fingerprint density at radius 1 is 0.969 bits per heavy atom. The lowest BCUT2D eigenvalue weighted by molar-refractivity contribution is -0.139. The Bertz CT molecular complexity index is 1010. The Labute approximate surface area is 186 Å². The first kappa shape index (κ1) is 24.2. The lowest BCUT2D eigenvalue weighted by Crippen LogP contribution is -2.13. The van der Waals surface area contributed by atoms with E-state index in [-0.39, 0.29) is 18.8 Å². The molecule has 32 heavy (non-hydrogen) atoms. The number of methoxy groups -OCH3 is 2. The quantitative estimate of drug-likeness (QED) is 0.239. The van der Waals surface area contributed by atoms with Crippen LogP contribution >= 0.6 is 0 Å². The zero-order valence-electron chi connectivity index (χ0n) is 18.1. The number of rotatable bonds is 10. The van der Waals surface area contributed by atoms with Gasteiger partial charge in [0.1, 0.15) is 19.0 Å². The van der Waals surface area contributed by atoms with E-state index in [9.17, 15) is 14.4 Å². The highest BCUT2D eigenvalue weighted by Gasteiger charge is 2.14. The standard InChI is InChI=1S/C24H24O8/c1-16(2)23(26)31-14-13-30-20-11-8-18(15-21(20)28-3)24(27)32-19-9-5-17(6-10-19)7-12-22(25)29-4/h5-12,15H,1,13-14H2,2-4H3. The van der Waals surface area contributed by atoms with Gasteiger partial charge in [-0.05, 0) is 48.9 Å². The number of ether oxygens (including phenoxy) is 5. The smallest absolute Gasteiger partial charge is 0.343 e. The number of benzene rings is 2. The van der Waals surface area contributed by atoms with Crippen molar-refractivity contribution in [1.82, 2.24) is 0 Å². The largest absolute Gasteiger partial charge is 0.493 e. The van der Waals surface area contributed by atoms with Crippen LogP contribution in [-0.2, 0) is 19.1 Å².